The maximum atomic E-state index is 10.8. The lowest BCUT2D eigenvalue weighted by atomic mass is 9.92. The van der Waals surface area contributed by atoms with E-state index in [1.807, 2.05) is 25.1 Å². The lowest BCUT2D eigenvalue weighted by Crippen LogP contribution is -2.41. The molecular weight excluding hydrogens is 214 g/mol. The van der Waals surface area contributed by atoms with E-state index in [1.165, 1.54) is 16.7 Å². The number of aryl methyl sites for hydroxylation is 1. The van der Waals surface area contributed by atoms with Gasteiger partial charge in [-0.25, -0.2) is 0 Å². The van der Waals surface area contributed by atoms with Gasteiger partial charge in [0.2, 0.25) is 0 Å². The zero-order chi connectivity index (χ0) is 10.1. The number of nitrogens with one attached hydrogen (secondary N) is 1. The summed E-state index contributed by atoms with van der Waals surface area (Å²) in [6.07, 6.45) is 0.595. The van der Waals surface area contributed by atoms with Gasteiger partial charge in [-0.15, -0.1) is 12.4 Å². The molecule has 1 heterocycles. The highest BCUT2D eigenvalue weighted by molar-refractivity contribution is 5.85. The number of halogens is 1. The van der Waals surface area contributed by atoms with Crippen LogP contribution in [-0.4, -0.2) is 17.1 Å². The second-order valence-electron chi connectivity index (χ2n) is 3.69. The van der Waals surface area contributed by atoms with Gasteiger partial charge in [0.25, 0.3) is 0 Å². The number of carboxylic acid groups (broad SMARTS) is 1. The van der Waals surface area contributed by atoms with Crippen LogP contribution in [0.3, 0.4) is 0 Å². The Hall–Kier alpha value is -1.06. The van der Waals surface area contributed by atoms with Crippen LogP contribution < -0.4 is 5.32 Å². The van der Waals surface area contributed by atoms with Crippen LogP contribution >= 0.6 is 12.4 Å². The Morgan fingerprint density at radius 3 is 2.93 bits per heavy atom. The van der Waals surface area contributed by atoms with Crippen molar-refractivity contribution in [1.82, 2.24) is 5.32 Å². The van der Waals surface area contributed by atoms with Crippen molar-refractivity contribution < 1.29 is 9.90 Å². The van der Waals surface area contributed by atoms with Gasteiger partial charge in [0.15, 0.2) is 0 Å². The van der Waals surface area contributed by atoms with Crippen molar-refractivity contribution in [3.8, 4) is 0 Å². The Morgan fingerprint density at radius 2 is 2.27 bits per heavy atom. The first kappa shape index (κ1) is 12.0. The molecule has 82 valence electrons. The van der Waals surface area contributed by atoms with Crippen LogP contribution in [-0.2, 0) is 17.8 Å². The van der Waals surface area contributed by atoms with Crippen molar-refractivity contribution in [3.63, 3.8) is 0 Å². The third-order valence-corrected chi connectivity index (χ3v) is 2.75. The molecule has 2 N–H and O–H groups in total. The van der Waals surface area contributed by atoms with Gasteiger partial charge in [-0.2, -0.15) is 0 Å². The summed E-state index contributed by atoms with van der Waals surface area (Å²) in [6, 6.07) is 5.66. The summed E-state index contributed by atoms with van der Waals surface area (Å²) in [5.74, 6) is -0.765. The molecule has 0 aromatic heterocycles. The molecule has 0 amide bonds. The predicted octanol–water partition coefficient (Wildman–Crippen LogP) is 1.52. The van der Waals surface area contributed by atoms with Crippen LogP contribution in [0.25, 0.3) is 0 Å². The molecule has 0 fully saturated rings. The predicted molar refractivity (Wildman–Crippen MR) is 60.4 cm³/mol. The van der Waals surface area contributed by atoms with Gasteiger partial charge in [-0.1, -0.05) is 18.2 Å². The Labute approximate surface area is 94.9 Å². The number of hydrogen-bond donors (Lipinski definition) is 2. The molecule has 15 heavy (non-hydrogen) atoms. The molecule has 0 saturated heterocycles. The smallest absolute Gasteiger partial charge is 0.321 e. The highest BCUT2D eigenvalue weighted by Crippen LogP contribution is 2.20. The Balaban J connectivity index is 0.00000112. The van der Waals surface area contributed by atoms with E-state index in [-0.39, 0.29) is 12.4 Å². The second kappa shape index (κ2) is 4.64. The lowest BCUT2D eigenvalue weighted by molar-refractivity contribution is -0.139. The molecule has 4 heteroatoms. The van der Waals surface area contributed by atoms with Crippen LogP contribution in [0.15, 0.2) is 18.2 Å². The minimum Gasteiger partial charge on any atom is -0.480 e. The summed E-state index contributed by atoms with van der Waals surface area (Å²) < 4.78 is 0. The highest BCUT2D eigenvalue weighted by Gasteiger charge is 2.23. The molecule has 2 rings (SSSR count). The largest absolute Gasteiger partial charge is 0.480 e. The summed E-state index contributed by atoms with van der Waals surface area (Å²) in [5.41, 5.74) is 3.61. The van der Waals surface area contributed by atoms with Crippen molar-refractivity contribution in [2.75, 3.05) is 0 Å². The van der Waals surface area contributed by atoms with Crippen LogP contribution in [0.4, 0.5) is 0 Å². The number of aliphatic carboxylic acids is 1. The average molecular weight is 228 g/mol. The summed E-state index contributed by atoms with van der Waals surface area (Å²) >= 11 is 0. The molecule has 1 aromatic rings. The Kier molecular flexibility index (Phi) is 3.72. The average Bonchev–Trinajstić information content (AvgIpc) is 2.18. The molecule has 0 bridgehead atoms. The van der Waals surface area contributed by atoms with Crippen molar-refractivity contribution >= 4 is 18.4 Å². The van der Waals surface area contributed by atoms with E-state index in [0.717, 1.165) is 0 Å². The standard InChI is InChI=1S/C11H13NO2.ClH/c1-7-3-2-4-8-6-12-10(11(13)14)5-9(7)8;/h2-4,10,12H,5-6H2,1H3,(H,13,14);1H/t10-;/m1./s1. The van der Waals surface area contributed by atoms with Gasteiger partial charge in [-0.05, 0) is 30.0 Å². The first-order valence-electron chi connectivity index (χ1n) is 4.72. The zero-order valence-corrected chi connectivity index (χ0v) is 9.30. The van der Waals surface area contributed by atoms with Crippen molar-refractivity contribution in [1.29, 1.82) is 0 Å². The van der Waals surface area contributed by atoms with E-state index >= 15 is 0 Å². The number of rotatable bonds is 1. The van der Waals surface area contributed by atoms with E-state index in [0.29, 0.717) is 13.0 Å². The molecule has 0 aliphatic carbocycles. The Bertz CT molecular complexity index is 379. The number of carbonyl (C=O) groups is 1. The van der Waals surface area contributed by atoms with E-state index in [4.69, 9.17) is 5.11 Å². The van der Waals surface area contributed by atoms with Gasteiger partial charge in [-0.3, -0.25) is 4.79 Å². The van der Waals surface area contributed by atoms with Crippen LogP contribution in [0, 0.1) is 6.92 Å². The number of carboxylic acids is 1. The molecule has 0 unspecified atom stereocenters. The zero-order valence-electron chi connectivity index (χ0n) is 8.49. The van der Waals surface area contributed by atoms with Gasteiger partial charge in [0.1, 0.15) is 6.04 Å². The minimum atomic E-state index is -0.765. The lowest BCUT2D eigenvalue weighted by Gasteiger charge is -2.24. The molecule has 0 radical (unpaired) electrons. The fraction of sp³-hybridized carbons (Fsp3) is 0.364. The minimum absolute atomic E-state index is 0. The van der Waals surface area contributed by atoms with E-state index in [1.54, 1.807) is 0 Å². The van der Waals surface area contributed by atoms with Crippen LogP contribution in [0.2, 0.25) is 0 Å². The molecule has 1 aromatic carbocycles. The summed E-state index contributed by atoms with van der Waals surface area (Å²) in [5, 5.41) is 11.9. The van der Waals surface area contributed by atoms with Crippen molar-refractivity contribution in [2.24, 2.45) is 0 Å². The van der Waals surface area contributed by atoms with Crippen LogP contribution in [0.5, 0.6) is 0 Å². The van der Waals surface area contributed by atoms with Gasteiger partial charge >= 0.3 is 5.97 Å². The number of hydrogen-bond acceptors (Lipinski definition) is 2. The highest BCUT2D eigenvalue weighted by atomic mass is 35.5. The maximum Gasteiger partial charge on any atom is 0.321 e. The third-order valence-electron chi connectivity index (χ3n) is 2.75. The third kappa shape index (κ3) is 2.30. The molecule has 0 saturated carbocycles. The molecule has 3 nitrogen and oxygen atoms in total. The van der Waals surface area contributed by atoms with Crippen molar-refractivity contribution in [2.45, 2.75) is 25.9 Å². The van der Waals surface area contributed by atoms with Gasteiger partial charge in [0.05, 0.1) is 0 Å². The second-order valence-corrected chi connectivity index (χ2v) is 3.69. The molecule has 1 atom stereocenters. The normalized spacial score (nSPS) is 18.9. The molecule has 1 aliphatic rings. The number of fused-ring (bicyclic) bond motifs is 1. The van der Waals surface area contributed by atoms with E-state index in [2.05, 4.69) is 5.32 Å². The molecule has 0 spiro atoms. The fourth-order valence-electron chi connectivity index (χ4n) is 1.90. The SMILES string of the molecule is Cc1cccc2c1C[C@H](C(=O)O)NC2.Cl. The first-order valence-corrected chi connectivity index (χ1v) is 4.72. The quantitative estimate of drug-likeness (QED) is 0.765. The molecular formula is C11H14ClNO2. The topological polar surface area (TPSA) is 49.3 Å². The Morgan fingerprint density at radius 1 is 1.53 bits per heavy atom. The summed E-state index contributed by atoms with van der Waals surface area (Å²) in [6.45, 7) is 2.69. The van der Waals surface area contributed by atoms with Crippen molar-refractivity contribution in [3.05, 3.63) is 34.9 Å². The maximum absolute atomic E-state index is 10.8. The fourth-order valence-corrected chi connectivity index (χ4v) is 1.90. The van der Waals surface area contributed by atoms with Gasteiger partial charge < -0.3 is 10.4 Å². The van der Waals surface area contributed by atoms with Crippen LogP contribution in [0.1, 0.15) is 16.7 Å². The monoisotopic (exact) mass is 227 g/mol. The van der Waals surface area contributed by atoms with E-state index in [9.17, 15) is 4.79 Å². The summed E-state index contributed by atoms with van der Waals surface area (Å²) in [7, 11) is 0. The number of benzene rings is 1. The van der Waals surface area contributed by atoms with Gasteiger partial charge in [0, 0.05) is 6.54 Å². The van der Waals surface area contributed by atoms with E-state index < -0.39 is 12.0 Å². The molecule has 1 aliphatic heterocycles. The first-order chi connectivity index (χ1) is 6.68. The summed E-state index contributed by atoms with van der Waals surface area (Å²) in [4.78, 5) is 10.8.